The molecular weight excluding hydrogens is 270 g/mol. The second kappa shape index (κ2) is 7.11. The number of carbonyl (C=O) groups is 1. The van der Waals surface area contributed by atoms with Crippen LogP contribution in [-0.4, -0.2) is 24.4 Å². The predicted octanol–water partition coefficient (Wildman–Crippen LogP) is 3.67. The van der Waals surface area contributed by atoms with Gasteiger partial charge in [0, 0.05) is 13.6 Å². The normalized spacial score (nSPS) is 11.9. The van der Waals surface area contributed by atoms with Crippen molar-refractivity contribution >= 4 is 17.5 Å². The van der Waals surface area contributed by atoms with Crippen LogP contribution in [0.25, 0.3) is 0 Å². The fourth-order valence-corrected chi connectivity index (χ4v) is 2.32. The highest BCUT2D eigenvalue weighted by molar-refractivity contribution is 6.30. The summed E-state index contributed by atoms with van der Waals surface area (Å²) in [6, 6.07) is 19.6. The van der Waals surface area contributed by atoms with Crippen molar-refractivity contribution in [2.45, 2.75) is 11.8 Å². The number of benzene rings is 2. The van der Waals surface area contributed by atoms with Crippen LogP contribution in [0.3, 0.4) is 0 Å². The number of alkyl halides is 1. The van der Waals surface area contributed by atoms with Gasteiger partial charge < -0.3 is 4.90 Å². The highest BCUT2D eigenvalue weighted by atomic mass is 35.5. The first-order valence-corrected chi connectivity index (χ1v) is 7.10. The number of halogens is 1. The summed E-state index contributed by atoms with van der Waals surface area (Å²) in [5.41, 5.74) is 2.06. The van der Waals surface area contributed by atoms with Gasteiger partial charge in [-0.1, -0.05) is 60.7 Å². The molecule has 2 aromatic carbocycles. The number of nitrogens with zero attached hydrogens (tertiary/aromatic N) is 1. The molecule has 0 aliphatic rings. The van der Waals surface area contributed by atoms with Crippen molar-refractivity contribution in [2.24, 2.45) is 0 Å². The first-order chi connectivity index (χ1) is 9.68. The zero-order valence-electron chi connectivity index (χ0n) is 11.5. The molecule has 1 unspecified atom stereocenters. The summed E-state index contributed by atoms with van der Waals surface area (Å²) in [4.78, 5) is 14.0. The van der Waals surface area contributed by atoms with Crippen molar-refractivity contribution in [2.75, 3.05) is 13.6 Å². The van der Waals surface area contributed by atoms with Crippen LogP contribution >= 0.6 is 11.6 Å². The van der Waals surface area contributed by atoms with E-state index in [2.05, 4.69) is 12.1 Å². The molecule has 0 N–H and O–H groups in total. The van der Waals surface area contributed by atoms with Gasteiger partial charge in [0.2, 0.25) is 5.91 Å². The smallest absolute Gasteiger partial charge is 0.244 e. The summed E-state index contributed by atoms with van der Waals surface area (Å²) in [6.45, 7) is 0.666. The molecule has 0 saturated heterocycles. The molecule has 104 valence electrons. The Kier molecular flexibility index (Phi) is 5.19. The molecule has 0 saturated carbocycles. The van der Waals surface area contributed by atoms with E-state index < -0.39 is 5.38 Å². The largest absolute Gasteiger partial charge is 0.344 e. The van der Waals surface area contributed by atoms with E-state index in [4.69, 9.17) is 11.6 Å². The minimum Gasteiger partial charge on any atom is -0.344 e. The molecule has 0 aromatic heterocycles. The van der Waals surface area contributed by atoms with Gasteiger partial charge in [-0.05, 0) is 17.5 Å². The van der Waals surface area contributed by atoms with E-state index in [1.165, 1.54) is 5.56 Å². The SMILES string of the molecule is CN(CCc1ccccc1)C(=O)C(Cl)c1ccccc1. The Labute approximate surface area is 125 Å². The Hall–Kier alpha value is -1.80. The van der Waals surface area contributed by atoms with Crippen molar-refractivity contribution < 1.29 is 4.79 Å². The Morgan fingerprint density at radius 1 is 1.05 bits per heavy atom. The summed E-state index contributed by atoms with van der Waals surface area (Å²) in [7, 11) is 1.80. The van der Waals surface area contributed by atoms with Crippen molar-refractivity contribution in [1.82, 2.24) is 4.90 Å². The molecule has 0 bridgehead atoms. The molecule has 0 aliphatic carbocycles. The number of likely N-dealkylation sites (N-methyl/N-ethyl adjacent to an activating group) is 1. The van der Waals surface area contributed by atoms with Gasteiger partial charge in [0.15, 0.2) is 0 Å². The Bertz CT molecular complexity index is 541. The molecule has 20 heavy (non-hydrogen) atoms. The van der Waals surface area contributed by atoms with Gasteiger partial charge in [-0.25, -0.2) is 0 Å². The molecule has 1 amide bonds. The maximum atomic E-state index is 12.3. The lowest BCUT2D eigenvalue weighted by atomic mass is 10.1. The van der Waals surface area contributed by atoms with E-state index in [-0.39, 0.29) is 5.91 Å². The van der Waals surface area contributed by atoms with E-state index in [1.807, 2.05) is 48.5 Å². The summed E-state index contributed by atoms with van der Waals surface area (Å²) < 4.78 is 0. The van der Waals surface area contributed by atoms with Gasteiger partial charge in [-0.3, -0.25) is 4.79 Å². The van der Waals surface area contributed by atoms with Crippen LogP contribution in [0.4, 0.5) is 0 Å². The van der Waals surface area contributed by atoms with Crippen LogP contribution in [-0.2, 0) is 11.2 Å². The Morgan fingerprint density at radius 2 is 1.60 bits per heavy atom. The van der Waals surface area contributed by atoms with Crippen LogP contribution in [0.1, 0.15) is 16.5 Å². The maximum absolute atomic E-state index is 12.3. The van der Waals surface area contributed by atoms with Gasteiger partial charge in [0.1, 0.15) is 5.38 Å². The quantitative estimate of drug-likeness (QED) is 0.769. The van der Waals surface area contributed by atoms with E-state index in [0.717, 1.165) is 12.0 Å². The first-order valence-electron chi connectivity index (χ1n) is 6.66. The second-order valence-corrected chi connectivity index (χ2v) is 5.21. The lowest BCUT2D eigenvalue weighted by Crippen LogP contribution is -2.31. The highest BCUT2D eigenvalue weighted by Crippen LogP contribution is 2.22. The minimum atomic E-state index is -0.614. The number of hydrogen-bond acceptors (Lipinski definition) is 1. The van der Waals surface area contributed by atoms with Gasteiger partial charge >= 0.3 is 0 Å². The first kappa shape index (κ1) is 14.6. The molecule has 0 spiro atoms. The Morgan fingerprint density at radius 3 is 2.20 bits per heavy atom. The van der Waals surface area contributed by atoms with E-state index in [9.17, 15) is 4.79 Å². The number of amides is 1. The molecule has 0 fully saturated rings. The second-order valence-electron chi connectivity index (χ2n) is 4.77. The maximum Gasteiger partial charge on any atom is 0.244 e. The molecule has 1 atom stereocenters. The van der Waals surface area contributed by atoms with Crippen molar-refractivity contribution in [1.29, 1.82) is 0 Å². The number of hydrogen-bond donors (Lipinski definition) is 0. The zero-order valence-corrected chi connectivity index (χ0v) is 12.3. The number of carbonyl (C=O) groups excluding carboxylic acids is 1. The topological polar surface area (TPSA) is 20.3 Å². The fourth-order valence-electron chi connectivity index (χ4n) is 2.01. The molecule has 3 heteroatoms. The lowest BCUT2D eigenvalue weighted by molar-refractivity contribution is -0.129. The Balaban J connectivity index is 1.92. The van der Waals surface area contributed by atoms with Crippen molar-refractivity contribution in [3.05, 3.63) is 71.8 Å². The fraction of sp³-hybridized carbons (Fsp3) is 0.235. The van der Waals surface area contributed by atoms with Crippen LogP contribution < -0.4 is 0 Å². The monoisotopic (exact) mass is 287 g/mol. The standard InChI is InChI=1S/C17H18ClNO/c1-19(13-12-14-8-4-2-5-9-14)17(20)16(18)15-10-6-3-7-11-15/h2-11,16H,12-13H2,1H3. The van der Waals surface area contributed by atoms with Crippen LogP contribution in [0.5, 0.6) is 0 Å². The highest BCUT2D eigenvalue weighted by Gasteiger charge is 2.20. The molecule has 0 aliphatic heterocycles. The summed E-state index contributed by atoms with van der Waals surface area (Å²) in [5, 5.41) is -0.614. The molecule has 2 aromatic rings. The van der Waals surface area contributed by atoms with E-state index in [1.54, 1.807) is 11.9 Å². The van der Waals surface area contributed by atoms with E-state index in [0.29, 0.717) is 6.54 Å². The average Bonchev–Trinajstić information content (AvgIpc) is 2.53. The third-order valence-electron chi connectivity index (χ3n) is 3.26. The molecule has 0 radical (unpaired) electrons. The van der Waals surface area contributed by atoms with Gasteiger partial charge in [0.05, 0.1) is 0 Å². The molecule has 2 nitrogen and oxygen atoms in total. The summed E-state index contributed by atoms with van der Waals surface area (Å²) in [6.07, 6.45) is 0.835. The van der Waals surface area contributed by atoms with Crippen LogP contribution in [0.15, 0.2) is 60.7 Å². The van der Waals surface area contributed by atoms with Gasteiger partial charge in [-0.15, -0.1) is 11.6 Å². The van der Waals surface area contributed by atoms with Crippen molar-refractivity contribution in [3.63, 3.8) is 0 Å². The number of rotatable bonds is 5. The van der Waals surface area contributed by atoms with Crippen molar-refractivity contribution in [3.8, 4) is 0 Å². The third-order valence-corrected chi connectivity index (χ3v) is 3.70. The lowest BCUT2D eigenvalue weighted by Gasteiger charge is -2.20. The van der Waals surface area contributed by atoms with Gasteiger partial charge in [-0.2, -0.15) is 0 Å². The minimum absolute atomic E-state index is 0.0613. The molecular formula is C17H18ClNO. The van der Waals surface area contributed by atoms with Crippen LogP contribution in [0, 0.1) is 0 Å². The average molecular weight is 288 g/mol. The summed E-state index contributed by atoms with van der Waals surface area (Å²) in [5.74, 6) is -0.0613. The van der Waals surface area contributed by atoms with E-state index >= 15 is 0 Å². The molecule has 2 rings (SSSR count). The third kappa shape index (κ3) is 3.84. The molecule has 0 heterocycles. The zero-order chi connectivity index (χ0) is 14.4. The predicted molar refractivity (Wildman–Crippen MR) is 82.8 cm³/mol. The van der Waals surface area contributed by atoms with Gasteiger partial charge in [0.25, 0.3) is 0 Å². The van der Waals surface area contributed by atoms with Crippen LogP contribution in [0.2, 0.25) is 0 Å². The summed E-state index contributed by atoms with van der Waals surface area (Å²) >= 11 is 6.24.